The largest absolute Gasteiger partial charge is 0.489 e. The number of ketones is 1. The molecule has 5 heteroatoms. The quantitative estimate of drug-likeness (QED) is 0.458. The van der Waals surface area contributed by atoms with Crippen molar-refractivity contribution in [2.24, 2.45) is 5.92 Å². The molecule has 1 aliphatic heterocycles. The molecule has 1 aromatic carbocycles. The maximum atomic E-state index is 12.1. The molecule has 1 heterocycles. The van der Waals surface area contributed by atoms with Gasteiger partial charge in [0.2, 0.25) is 0 Å². The lowest BCUT2D eigenvalue weighted by Crippen LogP contribution is -2.36. The summed E-state index contributed by atoms with van der Waals surface area (Å²) >= 11 is 0. The first-order chi connectivity index (χ1) is 7.70. The van der Waals surface area contributed by atoms with Gasteiger partial charge in [-0.3, -0.25) is 4.79 Å². The number of carbonyl (C=O) groups excluding carboxylic acids is 1. The van der Waals surface area contributed by atoms with Crippen LogP contribution >= 0.6 is 0 Å². The van der Waals surface area contributed by atoms with Crippen LogP contribution in [-0.4, -0.2) is 36.0 Å². The number of Topliss-reactive ketones (excluding diaryl/α,β-unsaturated/α-hetero) is 1. The van der Waals surface area contributed by atoms with Gasteiger partial charge in [0.15, 0.2) is 5.78 Å². The summed E-state index contributed by atoms with van der Waals surface area (Å²) in [5.74, 6) is -0.0476. The van der Waals surface area contributed by atoms with Crippen molar-refractivity contribution >= 4 is 18.4 Å². The highest BCUT2D eigenvalue weighted by molar-refractivity contribution is 6.60. The Morgan fingerprint density at radius 1 is 1.38 bits per heavy atom. The van der Waals surface area contributed by atoms with Gasteiger partial charge in [0.25, 0.3) is 0 Å². The lowest BCUT2D eigenvalue weighted by molar-refractivity contribution is 0.0931. The van der Waals surface area contributed by atoms with Crippen LogP contribution in [0.4, 0.5) is 0 Å². The van der Waals surface area contributed by atoms with Crippen molar-refractivity contribution < 1.29 is 14.8 Å². The molecule has 2 rings (SSSR count). The molecule has 1 aromatic rings. The smallest absolute Gasteiger partial charge is 0.423 e. The molecular weight excluding hydrogens is 205 g/mol. The third kappa shape index (κ3) is 2.16. The molecule has 1 aliphatic rings. The number of hydrogen-bond acceptors (Lipinski definition) is 4. The van der Waals surface area contributed by atoms with Crippen LogP contribution in [0.1, 0.15) is 16.8 Å². The van der Waals surface area contributed by atoms with Gasteiger partial charge in [-0.05, 0) is 18.4 Å². The Kier molecular flexibility index (Phi) is 3.38. The summed E-state index contributed by atoms with van der Waals surface area (Å²) in [5.41, 5.74) is 0.714. The normalized spacial score (nSPS) is 19.8. The van der Waals surface area contributed by atoms with Crippen LogP contribution in [-0.2, 0) is 0 Å². The van der Waals surface area contributed by atoms with E-state index < -0.39 is 7.12 Å². The Hall–Kier alpha value is -1.17. The standard InChI is InChI=1S/C11H14BNO3/c14-11(8-5-6-13-7-8)9-3-1-2-4-10(9)12(15)16/h1-4,8,13,15-16H,5-7H2. The predicted molar refractivity (Wildman–Crippen MR) is 61.6 cm³/mol. The average molecular weight is 219 g/mol. The molecule has 84 valence electrons. The number of hydrogen-bond donors (Lipinski definition) is 3. The molecular formula is C11H14BNO3. The molecule has 0 saturated carbocycles. The van der Waals surface area contributed by atoms with E-state index in [1.165, 1.54) is 0 Å². The number of carbonyl (C=O) groups is 1. The van der Waals surface area contributed by atoms with Crippen LogP contribution in [0, 0.1) is 5.92 Å². The fraction of sp³-hybridized carbons (Fsp3) is 0.364. The van der Waals surface area contributed by atoms with E-state index in [1.54, 1.807) is 24.3 Å². The van der Waals surface area contributed by atoms with E-state index in [2.05, 4.69) is 5.32 Å². The summed E-state index contributed by atoms with van der Waals surface area (Å²) in [6.45, 7) is 1.52. The lowest BCUT2D eigenvalue weighted by atomic mass is 9.75. The minimum atomic E-state index is -1.59. The van der Waals surface area contributed by atoms with Crippen molar-refractivity contribution in [1.82, 2.24) is 5.32 Å². The number of benzene rings is 1. The molecule has 1 atom stereocenters. The summed E-state index contributed by atoms with van der Waals surface area (Å²) < 4.78 is 0. The average Bonchev–Trinajstić information content (AvgIpc) is 2.81. The molecule has 3 N–H and O–H groups in total. The number of rotatable bonds is 3. The highest BCUT2D eigenvalue weighted by Crippen LogP contribution is 2.14. The van der Waals surface area contributed by atoms with Gasteiger partial charge in [-0.25, -0.2) is 0 Å². The Labute approximate surface area is 94.4 Å². The minimum absolute atomic E-state index is 0.00583. The van der Waals surface area contributed by atoms with Crippen LogP contribution in [0.5, 0.6) is 0 Å². The molecule has 1 fully saturated rings. The first kappa shape index (κ1) is 11.3. The fourth-order valence-corrected chi connectivity index (χ4v) is 2.04. The molecule has 0 spiro atoms. The highest BCUT2D eigenvalue weighted by atomic mass is 16.4. The monoisotopic (exact) mass is 219 g/mol. The lowest BCUT2D eigenvalue weighted by Gasteiger charge is -2.11. The van der Waals surface area contributed by atoms with E-state index in [0.29, 0.717) is 17.6 Å². The molecule has 1 saturated heterocycles. The predicted octanol–water partition coefficient (Wildman–Crippen LogP) is -0.841. The highest BCUT2D eigenvalue weighted by Gasteiger charge is 2.27. The Bertz CT molecular complexity index is 389. The fourth-order valence-electron chi connectivity index (χ4n) is 2.04. The summed E-state index contributed by atoms with van der Waals surface area (Å²) in [7, 11) is -1.59. The molecule has 0 aliphatic carbocycles. The summed E-state index contributed by atoms with van der Waals surface area (Å²) in [4.78, 5) is 12.1. The molecule has 0 radical (unpaired) electrons. The van der Waals surface area contributed by atoms with Crippen LogP contribution in [0.15, 0.2) is 24.3 Å². The van der Waals surface area contributed by atoms with Crippen molar-refractivity contribution in [3.05, 3.63) is 29.8 Å². The van der Waals surface area contributed by atoms with Crippen molar-refractivity contribution in [2.45, 2.75) is 6.42 Å². The summed E-state index contributed by atoms with van der Waals surface area (Å²) in [6, 6.07) is 6.65. The van der Waals surface area contributed by atoms with Gasteiger partial charge in [0.05, 0.1) is 0 Å². The summed E-state index contributed by atoms with van der Waals surface area (Å²) in [5, 5.41) is 21.5. The van der Waals surface area contributed by atoms with Gasteiger partial charge in [-0.15, -0.1) is 0 Å². The van der Waals surface area contributed by atoms with Crippen molar-refractivity contribution in [1.29, 1.82) is 0 Å². The third-order valence-corrected chi connectivity index (χ3v) is 2.94. The van der Waals surface area contributed by atoms with E-state index in [-0.39, 0.29) is 11.7 Å². The van der Waals surface area contributed by atoms with Crippen LogP contribution in [0.2, 0.25) is 0 Å². The van der Waals surface area contributed by atoms with Crippen LogP contribution in [0.3, 0.4) is 0 Å². The molecule has 16 heavy (non-hydrogen) atoms. The zero-order chi connectivity index (χ0) is 11.5. The minimum Gasteiger partial charge on any atom is -0.423 e. The van der Waals surface area contributed by atoms with E-state index in [9.17, 15) is 14.8 Å². The molecule has 1 unspecified atom stereocenters. The molecule has 0 amide bonds. The SMILES string of the molecule is O=C(c1ccccc1B(O)O)C1CCNC1. The second-order valence-electron chi connectivity index (χ2n) is 4.01. The van der Waals surface area contributed by atoms with Crippen LogP contribution < -0.4 is 10.8 Å². The maximum absolute atomic E-state index is 12.1. The van der Waals surface area contributed by atoms with Gasteiger partial charge in [-0.2, -0.15) is 0 Å². The van der Waals surface area contributed by atoms with E-state index in [0.717, 1.165) is 13.0 Å². The van der Waals surface area contributed by atoms with Crippen molar-refractivity contribution in [3.8, 4) is 0 Å². The van der Waals surface area contributed by atoms with Gasteiger partial charge < -0.3 is 15.4 Å². The zero-order valence-corrected chi connectivity index (χ0v) is 8.89. The van der Waals surface area contributed by atoms with Gasteiger partial charge in [0, 0.05) is 18.0 Å². The second-order valence-corrected chi connectivity index (χ2v) is 4.01. The zero-order valence-electron chi connectivity index (χ0n) is 8.89. The summed E-state index contributed by atoms with van der Waals surface area (Å²) in [6.07, 6.45) is 0.814. The van der Waals surface area contributed by atoms with E-state index in [1.807, 2.05) is 0 Å². The first-order valence-electron chi connectivity index (χ1n) is 5.40. The van der Waals surface area contributed by atoms with Crippen molar-refractivity contribution in [2.75, 3.05) is 13.1 Å². The first-order valence-corrected chi connectivity index (χ1v) is 5.40. The number of nitrogens with one attached hydrogen (secondary N) is 1. The molecule has 0 aromatic heterocycles. The van der Waals surface area contributed by atoms with E-state index in [4.69, 9.17) is 0 Å². The van der Waals surface area contributed by atoms with Gasteiger partial charge in [0.1, 0.15) is 0 Å². The Balaban J connectivity index is 2.28. The van der Waals surface area contributed by atoms with Crippen molar-refractivity contribution in [3.63, 3.8) is 0 Å². The Morgan fingerprint density at radius 3 is 2.75 bits per heavy atom. The maximum Gasteiger partial charge on any atom is 0.489 e. The Morgan fingerprint density at radius 2 is 2.12 bits per heavy atom. The van der Waals surface area contributed by atoms with E-state index >= 15 is 0 Å². The third-order valence-electron chi connectivity index (χ3n) is 2.94. The molecule has 4 nitrogen and oxygen atoms in total. The van der Waals surface area contributed by atoms with Gasteiger partial charge >= 0.3 is 7.12 Å². The second kappa shape index (κ2) is 4.78. The van der Waals surface area contributed by atoms with Gasteiger partial charge in [-0.1, -0.05) is 24.3 Å². The topological polar surface area (TPSA) is 69.6 Å². The van der Waals surface area contributed by atoms with Crippen LogP contribution in [0.25, 0.3) is 0 Å². The molecule has 0 bridgehead atoms.